The summed E-state index contributed by atoms with van der Waals surface area (Å²) in [4.78, 5) is 11.1. The summed E-state index contributed by atoms with van der Waals surface area (Å²) in [5.41, 5.74) is 1.87. The molecule has 1 saturated heterocycles. The van der Waals surface area contributed by atoms with E-state index in [0.717, 1.165) is 43.0 Å². The van der Waals surface area contributed by atoms with Gasteiger partial charge in [-0.05, 0) is 52.0 Å². The zero-order valence-corrected chi connectivity index (χ0v) is 11.3. The summed E-state index contributed by atoms with van der Waals surface area (Å²) in [6.07, 6.45) is 3.98. The quantitative estimate of drug-likeness (QED) is 0.827. The molecule has 2 aromatic heterocycles. The van der Waals surface area contributed by atoms with Crippen LogP contribution in [0.5, 0.6) is 0 Å². The summed E-state index contributed by atoms with van der Waals surface area (Å²) in [6.45, 7) is 4.16. The molecule has 5 heteroatoms. The molecule has 1 aliphatic heterocycles. The Labute approximate surface area is 112 Å². The molecular formula is C14H18N4O. The van der Waals surface area contributed by atoms with Gasteiger partial charge in [0.15, 0.2) is 5.82 Å². The van der Waals surface area contributed by atoms with Crippen LogP contribution < -0.4 is 0 Å². The molecule has 3 heterocycles. The Morgan fingerprint density at radius 2 is 2.05 bits per heavy atom. The molecule has 0 aromatic carbocycles. The first kappa shape index (κ1) is 12.3. The lowest BCUT2D eigenvalue weighted by Crippen LogP contribution is -2.29. The highest BCUT2D eigenvalue weighted by Gasteiger charge is 2.23. The molecule has 2 aromatic rings. The van der Waals surface area contributed by atoms with E-state index in [9.17, 15) is 0 Å². The Kier molecular flexibility index (Phi) is 3.29. The lowest BCUT2D eigenvalue weighted by Gasteiger charge is -2.26. The Hall–Kier alpha value is -1.75. The third kappa shape index (κ3) is 2.66. The molecule has 0 radical (unpaired) electrons. The van der Waals surface area contributed by atoms with Crippen LogP contribution in [0, 0.1) is 6.92 Å². The summed E-state index contributed by atoms with van der Waals surface area (Å²) in [5.74, 6) is 1.83. The molecule has 0 atom stereocenters. The topological polar surface area (TPSA) is 55.1 Å². The second-order valence-corrected chi connectivity index (χ2v) is 5.22. The van der Waals surface area contributed by atoms with Crippen LogP contribution in [0.1, 0.15) is 30.3 Å². The second kappa shape index (κ2) is 5.09. The van der Waals surface area contributed by atoms with Crippen LogP contribution in [0.25, 0.3) is 11.5 Å². The zero-order valence-electron chi connectivity index (χ0n) is 11.3. The molecule has 1 aliphatic rings. The molecule has 0 saturated carbocycles. The summed E-state index contributed by atoms with van der Waals surface area (Å²) in [5, 5.41) is 4.13. The van der Waals surface area contributed by atoms with Crippen molar-refractivity contribution in [3.63, 3.8) is 0 Å². The molecule has 3 rings (SSSR count). The average Bonchev–Trinajstić information content (AvgIpc) is 2.90. The van der Waals surface area contributed by atoms with Gasteiger partial charge in [0.2, 0.25) is 0 Å². The van der Waals surface area contributed by atoms with E-state index < -0.39 is 0 Å². The number of aromatic nitrogens is 3. The monoisotopic (exact) mass is 258 g/mol. The van der Waals surface area contributed by atoms with E-state index in [2.05, 4.69) is 27.1 Å². The first-order chi connectivity index (χ1) is 9.22. The van der Waals surface area contributed by atoms with E-state index in [-0.39, 0.29) is 0 Å². The smallest absolute Gasteiger partial charge is 0.259 e. The Morgan fingerprint density at radius 1 is 1.26 bits per heavy atom. The number of pyridine rings is 1. The minimum Gasteiger partial charge on any atom is -0.334 e. The minimum absolute atomic E-state index is 0.423. The lowest BCUT2D eigenvalue weighted by molar-refractivity contribution is 0.248. The van der Waals surface area contributed by atoms with Gasteiger partial charge in [0.1, 0.15) is 0 Å². The summed E-state index contributed by atoms with van der Waals surface area (Å²) >= 11 is 0. The van der Waals surface area contributed by atoms with Crippen molar-refractivity contribution in [1.82, 2.24) is 20.0 Å². The van der Waals surface area contributed by atoms with Crippen molar-refractivity contribution in [1.29, 1.82) is 0 Å². The highest BCUT2D eigenvalue weighted by Crippen LogP contribution is 2.27. The van der Waals surface area contributed by atoms with Crippen LogP contribution in [0.2, 0.25) is 0 Å². The fraction of sp³-hybridized carbons (Fsp3) is 0.500. The van der Waals surface area contributed by atoms with Crippen LogP contribution in [0.3, 0.4) is 0 Å². The summed E-state index contributed by atoms with van der Waals surface area (Å²) in [6, 6.07) is 3.92. The third-order valence-corrected chi connectivity index (χ3v) is 3.68. The van der Waals surface area contributed by atoms with E-state index in [1.807, 2.05) is 19.1 Å². The predicted molar refractivity (Wildman–Crippen MR) is 71.7 cm³/mol. The van der Waals surface area contributed by atoms with Gasteiger partial charge in [-0.15, -0.1) is 0 Å². The normalized spacial score (nSPS) is 17.8. The highest BCUT2D eigenvalue weighted by molar-refractivity contribution is 5.50. The van der Waals surface area contributed by atoms with Gasteiger partial charge in [-0.2, -0.15) is 4.98 Å². The van der Waals surface area contributed by atoms with Crippen molar-refractivity contribution in [3.05, 3.63) is 29.8 Å². The van der Waals surface area contributed by atoms with Crippen LogP contribution in [-0.4, -0.2) is 40.2 Å². The molecule has 0 amide bonds. The number of piperidine rings is 1. The molecule has 0 spiro atoms. The number of hydrogen-bond acceptors (Lipinski definition) is 5. The van der Waals surface area contributed by atoms with Crippen molar-refractivity contribution < 1.29 is 4.52 Å². The van der Waals surface area contributed by atoms with Gasteiger partial charge < -0.3 is 9.42 Å². The standard InChI is InChI=1S/C14H18N4O/c1-10-3-4-12(9-15-10)14-16-13(17-19-14)11-5-7-18(2)8-6-11/h3-4,9,11H,5-8H2,1-2H3. The van der Waals surface area contributed by atoms with E-state index in [4.69, 9.17) is 4.52 Å². The molecule has 5 nitrogen and oxygen atoms in total. The Bertz CT molecular complexity index is 541. The van der Waals surface area contributed by atoms with Crippen molar-refractivity contribution in [3.8, 4) is 11.5 Å². The maximum atomic E-state index is 5.36. The molecule has 0 N–H and O–H groups in total. The number of nitrogens with zero attached hydrogens (tertiary/aromatic N) is 4. The second-order valence-electron chi connectivity index (χ2n) is 5.22. The number of likely N-dealkylation sites (tertiary alicyclic amines) is 1. The molecule has 0 aliphatic carbocycles. The van der Waals surface area contributed by atoms with Gasteiger partial charge in [0, 0.05) is 17.8 Å². The predicted octanol–water partition coefficient (Wildman–Crippen LogP) is 2.25. The number of rotatable bonds is 2. The third-order valence-electron chi connectivity index (χ3n) is 3.68. The summed E-state index contributed by atoms with van der Waals surface area (Å²) in [7, 11) is 2.15. The van der Waals surface area contributed by atoms with Gasteiger partial charge in [-0.25, -0.2) is 0 Å². The van der Waals surface area contributed by atoms with Crippen LogP contribution in [-0.2, 0) is 0 Å². The van der Waals surface area contributed by atoms with E-state index in [1.54, 1.807) is 6.20 Å². The maximum Gasteiger partial charge on any atom is 0.259 e. The van der Waals surface area contributed by atoms with E-state index in [1.165, 1.54) is 0 Å². The molecule has 0 bridgehead atoms. The average molecular weight is 258 g/mol. The van der Waals surface area contributed by atoms with Crippen molar-refractivity contribution >= 4 is 0 Å². The highest BCUT2D eigenvalue weighted by atomic mass is 16.5. The fourth-order valence-electron chi connectivity index (χ4n) is 2.38. The molecule has 100 valence electrons. The minimum atomic E-state index is 0.423. The Balaban J connectivity index is 1.77. The van der Waals surface area contributed by atoms with Crippen molar-refractivity contribution in [2.75, 3.05) is 20.1 Å². The first-order valence-electron chi connectivity index (χ1n) is 6.67. The van der Waals surface area contributed by atoms with E-state index in [0.29, 0.717) is 11.8 Å². The Morgan fingerprint density at radius 3 is 2.74 bits per heavy atom. The van der Waals surface area contributed by atoms with Crippen LogP contribution >= 0.6 is 0 Å². The molecule has 19 heavy (non-hydrogen) atoms. The summed E-state index contributed by atoms with van der Waals surface area (Å²) < 4.78 is 5.36. The van der Waals surface area contributed by atoms with Gasteiger partial charge >= 0.3 is 0 Å². The van der Waals surface area contributed by atoms with Crippen molar-refractivity contribution in [2.45, 2.75) is 25.7 Å². The largest absolute Gasteiger partial charge is 0.334 e. The van der Waals surface area contributed by atoms with Gasteiger partial charge in [0.25, 0.3) is 5.89 Å². The molecule has 1 fully saturated rings. The lowest BCUT2D eigenvalue weighted by atomic mass is 9.96. The van der Waals surface area contributed by atoms with Crippen molar-refractivity contribution in [2.24, 2.45) is 0 Å². The fourth-order valence-corrected chi connectivity index (χ4v) is 2.38. The maximum absolute atomic E-state index is 5.36. The first-order valence-corrected chi connectivity index (χ1v) is 6.67. The number of aryl methyl sites for hydroxylation is 1. The van der Waals surface area contributed by atoms with E-state index >= 15 is 0 Å². The van der Waals surface area contributed by atoms with Gasteiger partial charge in [0.05, 0.1) is 5.56 Å². The zero-order chi connectivity index (χ0) is 13.2. The van der Waals surface area contributed by atoms with Gasteiger partial charge in [-0.1, -0.05) is 5.16 Å². The number of hydrogen-bond donors (Lipinski definition) is 0. The van der Waals surface area contributed by atoms with Crippen LogP contribution in [0.15, 0.2) is 22.9 Å². The van der Waals surface area contributed by atoms with Gasteiger partial charge in [-0.3, -0.25) is 4.98 Å². The molecule has 0 unspecified atom stereocenters. The van der Waals surface area contributed by atoms with Crippen LogP contribution in [0.4, 0.5) is 0 Å². The molecular weight excluding hydrogens is 240 g/mol. The SMILES string of the molecule is Cc1ccc(-c2nc(C3CCN(C)CC3)no2)cn1.